The van der Waals surface area contributed by atoms with Crippen molar-refractivity contribution in [2.45, 2.75) is 65.2 Å². The molecule has 0 heterocycles. The maximum atomic E-state index is 12.0. The Balaban J connectivity index is 2.03. The SMILES string of the molecule is CC(C)=CCC(N)(CCNC(=O)OC(C)(C)C)c1ccc(OCc2ccccc2)cc1. The quantitative estimate of drug-likeness (QED) is 0.507. The maximum absolute atomic E-state index is 12.0. The van der Waals surface area contributed by atoms with Gasteiger partial charge in [-0.1, -0.05) is 54.1 Å². The standard InChI is InChI=1S/C26H36N2O3/c1-20(2)15-16-26(27,17-18-28-24(29)31-25(3,4)5)22-11-13-23(14-12-22)30-19-21-9-7-6-8-10-21/h6-15H,16-19,27H2,1-5H3,(H,28,29). The first kappa shape index (κ1) is 24.5. The summed E-state index contributed by atoms with van der Waals surface area (Å²) >= 11 is 0. The lowest BCUT2D eigenvalue weighted by Gasteiger charge is -2.30. The summed E-state index contributed by atoms with van der Waals surface area (Å²) < 4.78 is 11.2. The van der Waals surface area contributed by atoms with Crippen molar-refractivity contribution in [3.05, 3.63) is 77.4 Å². The first-order valence-corrected chi connectivity index (χ1v) is 10.7. The molecule has 1 unspecified atom stereocenters. The van der Waals surface area contributed by atoms with Crippen LogP contribution in [0.2, 0.25) is 0 Å². The number of nitrogens with one attached hydrogen (secondary N) is 1. The fraction of sp³-hybridized carbons (Fsp3) is 0.423. The van der Waals surface area contributed by atoms with Crippen LogP contribution in [0.3, 0.4) is 0 Å². The van der Waals surface area contributed by atoms with Gasteiger partial charge in [-0.2, -0.15) is 0 Å². The molecule has 1 atom stereocenters. The van der Waals surface area contributed by atoms with E-state index in [1.54, 1.807) is 0 Å². The van der Waals surface area contributed by atoms with Crippen LogP contribution in [0, 0.1) is 0 Å². The van der Waals surface area contributed by atoms with E-state index in [0.29, 0.717) is 26.0 Å². The predicted molar refractivity (Wildman–Crippen MR) is 126 cm³/mol. The van der Waals surface area contributed by atoms with E-state index in [4.69, 9.17) is 15.2 Å². The molecule has 168 valence electrons. The summed E-state index contributed by atoms with van der Waals surface area (Å²) in [5.41, 5.74) is 9.02. The van der Waals surface area contributed by atoms with Crippen LogP contribution in [0.5, 0.6) is 5.75 Å². The zero-order valence-electron chi connectivity index (χ0n) is 19.4. The smallest absolute Gasteiger partial charge is 0.407 e. The van der Waals surface area contributed by atoms with Gasteiger partial charge in [-0.25, -0.2) is 4.79 Å². The van der Waals surface area contributed by atoms with Crippen molar-refractivity contribution >= 4 is 6.09 Å². The van der Waals surface area contributed by atoms with E-state index < -0.39 is 17.2 Å². The van der Waals surface area contributed by atoms with Gasteiger partial charge in [-0.15, -0.1) is 0 Å². The zero-order chi connectivity index (χ0) is 22.9. The molecular weight excluding hydrogens is 388 g/mol. The number of allylic oxidation sites excluding steroid dienone is 1. The molecule has 2 rings (SSSR count). The van der Waals surface area contributed by atoms with E-state index in [-0.39, 0.29) is 0 Å². The minimum absolute atomic E-state index is 0.425. The Labute approximate surface area is 186 Å². The largest absolute Gasteiger partial charge is 0.489 e. The van der Waals surface area contributed by atoms with Gasteiger partial charge in [-0.05, 0) is 70.7 Å². The highest BCUT2D eigenvalue weighted by atomic mass is 16.6. The second kappa shape index (κ2) is 11.0. The number of carbonyl (C=O) groups is 1. The Hall–Kier alpha value is -2.79. The molecule has 5 nitrogen and oxygen atoms in total. The first-order valence-electron chi connectivity index (χ1n) is 10.7. The Morgan fingerprint density at radius 1 is 1.03 bits per heavy atom. The van der Waals surface area contributed by atoms with Crippen molar-refractivity contribution in [3.8, 4) is 5.75 Å². The fourth-order valence-electron chi connectivity index (χ4n) is 3.08. The highest BCUT2D eigenvalue weighted by molar-refractivity contribution is 5.67. The number of rotatable bonds is 9. The molecule has 0 fully saturated rings. The van der Waals surface area contributed by atoms with Crippen molar-refractivity contribution in [3.63, 3.8) is 0 Å². The van der Waals surface area contributed by atoms with Crippen molar-refractivity contribution in [1.29, 1.82) is 0 Å². The molecule has 5 heteroatoms. The van der Waals surface area contributed by atoms with Gasteiger partial charge in [0.15, 0.2) is 0 Å². The first-order chi connectivity index (χ1) is 14.6. The van der Waals surface area contributed by atoms with Gasteiger partial charge in [0, 0.05) is 12.1 Å². The van der Waals surface area contributed by atoms with Crippen LogP contribution in [0.4, 0.5) is 4.79 Å². The van der Waals surface area contributed by atoms with Crippen LogP contribution >= 0.6 is 0 Å². The van der Waals surface area contributed by atoms with E-state index >= 15 is 0 Å². The molecule has 3 N–H and O–H groups in total. The number of nitrogens with two attached hydrogens (primary N) is 1. The number of amides is 1. The maximum Gasteiger partial charge on any atom is 0.407 e. The molecule has 31 heavy (non-hydrogen) atoms. The lowest BCUT2D eigenvalue weighted by atomic mass is 9.84. The molecule has 0 aromatic heterocycles. The number of alkyl carbamates (subject to hydrolysis) is 1. The molecule has 2 aromatic rings. The predicted octanol–water partition coefficient (Wildman–Crippen LogP) is 5.69. The summed E-state index contributed by atoms with van der Waals surface area (Å²) in [6.07, 6.45) is 2.96. The van der Waals surface area contributed by atoms with Gasteiger partial charge < -0.3 is 20.5 Å². The van der Waals surface area contributed by atoms with Crippen molar-refractivity contribution in [2.75, 3.05) is 6.54 Å². The average molecular weight is 425 g/mol. The molecule has 1 amide bonds. The van der Waals surface area contributed by atoms with Crippen LogP contribution in [-0.4, -0.2) is 18.2 Å². The third-order valence-corrected chi connectivity index (χ3v) is 4.79. The van der Waals surface area contributed by atoms with Crippen LogP contribution in [0.15, 0.2) is 66.2 Å². The van der Waals surface area contributed by atoms with Gasteiger partial charge in [0.1, 0.15) is 18.0 Å². The van der Waals surface area contributed by atoms with Gasteiger partial charge in [0.2, 0.25) is 0 Å². The molecule has 0 aliphatic carbocycles. The topological polar surface area (TPSA) is 73.6 Å². The van der Waals surface area contributed by atoms with E-state index in [1.807, 2.05) is 75.4 Å². The summed E-state index contributed by atoms with van der Waals surface area (Å²) in [5.74, 6) is 0.795. The van der Waals surface area contributed by atoms with Crippen LogP contribution in [0.25, 0.3) is 0 Å². The summed E-state index contributed by atoms with van der Waals surface area (Å²) in [5, 5.41) is 2.82. The lowest BCUT2D eigenvalue weighted by Crippen LogP contribution is -2.41. The number of benzene rings is 2. The van der Waals surface area contributed by atoms with Crippen LogP contribution in [0.1, 0.15) is 58.6 Å². The Kier molecular flexibility index (Phi) is 8.69. The molecule has 0 saturated carbocycles. The number of hydrogen-bond donors (Lipinski definition) is 2. The summed E-state index contributed by atoms with van der Waals surface area (Å²) in [6.45, 7) is 10.6. The van der Waals surface area contributed by atoms with Crippen LogP contribution < -0.4 is 15.8 Å². The average Bonchev–Trinajstić information content (AvgIpc) is 2.70. The van der Waals surface area contributed by atoms with Crippen molar-refractivity contribution in [1.82, 2.24) is 5.32 Å². The lowest BCUT2D eigenvalue weighted by molar-refractivity contribution is 0.0524. The van der Waals surface area contributed by atoms with E-state index in [9.17, 15) is 4.79 Å². The summed E-state index contributed by atoms with van der Waals surface area (Å²) in [7, 11) is 0. The molecule has 0 aliphatic heterocycles. The minimum Gasteiger partial charge on any atom is -0.489 e. The Morgan fingerprint density at radius 3 is 2.26 bits per heavy atom. The second-order valence-electron chi connectivity index (χ2n) is 9.12. The van der Waals surface area contributed by atoms with Gasteiger partial charge >= 0.3 is 6.09 Å². The summed E-state index contributed by atoms with van der Waals surface area (Å²) in [4.78, 5) is 12.0. The van der Waals surface area contributed by atoms with Crippen molar-refractivity contribution < 1.29 is 14.3 Å². The third-order valence-electron chi connectivity index (χ3n) is 4.79. The molecule has 0 spiro atoms. The number of ether oxygens (including phenoxy) is 2. The minimum atomic E-state index is -0.607. The van der Waals surface area contributed by atoms with E-state index in [1.165, 1.54) is 5.57 Å². The van der Waals surface area contributed by atoms with Gasteiger partial charge in [-0.3, -0.25) is 0 Å². The van der Waals surface area contributed by atoms with Gasteiger partial charge in [0.05, 0.1) is 0 Å². The fourth-order valence-corrected chi connectivity index (χ4v) is 3.08. The normalized spacial score (nSPS) is 13.1. The molecule has 0 bridgehead atoms. The highest BCUT2D eigenvalue weighted by Gasteiger charge is 2.27. The van der Waals surface area contributed by atoms with E-state index in [0.717, 1.165) is 16.9 Å². The van der Waals surface area contributed by atoms with E-state index in [2.05, 4.69) is 25.2 Å². The van der Waals surface area contributed by atoms with Crippen molar-refractivity contribution in [2.24, 2.45) is 5.73 Å². The molecule has 2 aromatic carbocycles. The molecule has 0 aliphatic rings. The second-order valence-corrected chi connectivity index (χ2v) is 9.12. The molecule has 0 radical (unpaired) electrons. The van der Waals surface area contributed by atoms with Gasteiger partial charge in [0.25, 0.3) is 0 Å². The Bertz CT molecular complexity index is 850. The summed E-state index contributed by atoms with van der Waals surface area (Å²) in [6, 6.07) is 18.0. The zero-order valence-corrected chi connectivity index (χ0v) is 19.4. The monoisotopic (exact) mass is 424 g/mol. The molecule has 0 saturated heterocycles. The molecular formula is C26H36N2O3. The number of carbonyl (C=O) groups excluding carboxylic acids is 1. The van der Waals surface area contributed by atoms with Crippen LogP contribution in [-0.2, 0) is 16.9 Å². The number of hydrogen-bond acceptors (Lipinski definition) is 4. The highest BCUT2D eigenvalue weighted by Crippen LogP contribution is 2.29. The third kappa shape index (κ3) is 8.85. The Morgan fingerprint density at radius 2 is 1.68 bits per heavy atom.